The number of amides is 1. The minimum absolute atomic E-state index is 0.0493. The average molecular weight is 376 g/mol. The van der Waals surface area contributed by atoms with Crippen molar-refractivity contribution in [2.75, 3.05) is 27.2 Å². The quantitative estimate of drug-likeness (QED) is 0.697. The second-order valence-corrected chi connectivity index (χ2v) is 7.37. The number of likely N-dealkylation sites (N-methyl/N-ethyl adjacent to an activating group) is 2. The molecule has 6 heteroatoms. The number of aromatic nitrogens is 2. The monoisotopic (exact) mass is 376 g/mol. The fourth-order valence-corrected chi connectivity index (χ4v) is 3.74. The van der Waals surface area contributed by atoms with E-state index in [1.165, 1.54) is 0 Å². The summed E-state index contributed by atoms with van der Waals surface area (Å²) >= 11 is 0. The Balaban J connectivity index is 1.66. The van der Waals surface area contributed by atoms with Crippen molar-refractivity contribution in [3.05, 3.63) is 60.0 Å². The van der Waals surface area contributed by atoms with Crippen molar-refractivity contribution in [3.63, 3.8) is 0 Å². The Kier molecular flexibility index (Phi) is 4.96. The van der Waals surface area contributed by atoms with E-state index >= 15 is 0 Å². The first-order valence-electron chi connectivity index (χ1n) is 9.48. The van der Waals surface area contributed by atoms with E-state index in [0.717, 1.165) is 36.2 Å². The fraction of sp³-hybridized carbons (Fsp3) is 0.318. The van der Waals surface area contributed by atoms with E-state index in [-0.39, 0.29) is 11.9 Å². The highest BCUT2D eigenvalue weighted by atomic mass is 16.4. The Bertz CT molecular complexity index is 997. The second kappa shape index (κ2) is 7.56. The second-order valence-electron chi connectivity index (χ2n) is 7.37. The van der Waals surface area contributed by atoms with Crippen LogP contribution in [0.5, 0.6) is 0 Å². The third kappa shape index (κ3) is 3.55. The van der Waals surface area contributed by atoms with Crippen LogP contribution in [0.3, 0.4) is 0 Å². The highest BCUT2D eigenvalue weighted by Gasteiger charge is 2.27. The van der Waals surface area contributed by atoms with Crippen molar-refractivity contribution in [1.82, 2.24) is 20.0 Å². The largest absolute Gasteiger partial charge is 0.421 e. The van der Waals surface area contributed by atoms with Crippen LogP contribution < -0.4 is 0 Å². The van der Waals surface area contributed by atoms with Gasteiger partial charge in [0.05, 0.1) is 0 Å². The third-order valence-electron chi connectivity index (χ3n) is 5.34. The first kappa shape index (κ1) is 18.4. The summed E-state index contributed by atoms with van der Waals surface area (Å²) in [6, 6.07) is 15.9. The van der Waals surface area contributed by atoms with E-state index in [2.05, 4.69) is 22.1 Å². The predicted molar refractivity (Wildman–Crippen MR) is 108 cm³/mol. The van der Waals surface area contributed by atoms with Gasteiger partial charge >= 0.3 is 0 Å². The topological polar surface area (TPSA) is 62.5 Å². The molecule has 1 fully saturated rings. The Morgan fingerprint density at radius 2 is 1.93 bits per heavy atom. The minimum atomic E-state index is 0.0493. The zero-order valence-electron chi connectivity index (χ0n) is 16.4. The van der Waals surface area contributed by atoms with E-state index in [1.807, 2.05) is 60.5 Å². The van der Waals surface area contributed by atoms with Gasteiger partial charge in [-0.25, -0.2) is 0 Å². The van der Waals surface area contributed by atoms with Crippen molar-refractivity contribution in [2.24, 2.45) is 0 Å². The number of hydrogen-bond acceptors (Lipinski definition) is 5. The molecule has 2 heterocycles. The summed E-state index contributed by atoms with van der Waals surface area (Å²) in [5.41, 5.74) is 3.46. The van der Waals surface area contributed by atoms with Gasteiger partial charge in [-0.1, -0.05) is 30.3 Å². The molecule has 0 unspecified atom stereocenters. The number of hydrogen-bond donors (Lipinski definition) is 0. The number of carbonyl (C=O) groups excluding carboxylic acids is 1. The van der Waals surface area contributed by atoms with Gasteiger partial charge in [0.1, 0.15) is 0 Å². The van der Waals surface area contributed by atoms with Crippen LogP contribution in [0, 0.1) is 6.92 Å². The molecule has 1 aromatic heterocycles. The lowest BCUT2D eigenvalue weighted by Gasteiger charge is -2.24. The number of nitrogens with zero attached hydrogens (tertiary/aromatic N) is 4. The van der Waals surface area contributed by atoms with E-state index in [1.54, 1.807) is 6.92 Å². The number of rotatable bonds is 4. The Hall–Kier alpha value is -2.99. The Morgan fingerprint density at radius 3 is 2.61 bits per heavy atom. The third-order valence-corrected chi connectivity index (χ3v) is 5.34. The minimum Gasteiger partial charge on any atom is -0.421 e. The normalized spacial score (nSPS) is 17.0. The van der Waals surface area contributed by atoms with Crippen LogP contribution in [0.2, 0.25) is 0 Å². The smallest absolute Gasteiger partial charge is 0.253 e. The molecule has 1 aliphatic heterocycles. The number of benzene rings is 2. The summed E-state index contributed by atoms with van der Waals surface area (Å²) in [6.07, 6.45) is 1.01. The molecular weight excluding hydrogens is 352 g/mol. The van der Waals surface area contributed by atoms with Gasteiger partial charge in [-0.3, -0.25) is 4.79 Å². The molecule has 0 spiro atoms. The van der Waals surface area contributed by atoms with Crippen molar-refractivity contribution >= 4 is 5.91 Å². The van der Waals surface area contributed by atoms with Gasteiger partial charge in [0.25, 0.3) is 5.91 Å². The molecule has 144 valence electrons. The molecule has 0 aliphatic carbocycles. The van der Waals surface area contributed by atoms with Gasteiger partial charge in [-0.05, 0) is 49.3 Å². The highest BCUT2D eigenvalue weighted by Crippen LogP contribution is 2.32. The molecule has 0 radical (unpaired) electrons. The maximum absolute atomic E-state index is 13.0. The van der Waals surface area contributed by atoms with Crippen LogP contribution in [0.15, 0.2) is 52.9 Å². The fourth-order valence-electron chi connectivity index (χ4n) is 3.74. The Labute approximate surface area is 164 Å². The summed E-state index contributed by atoms with van der Waals surface area (Å²) in [5, 5.41) is 8.09. The van der Waals surface area contributed by atoms with E-state index in [4.69, 9.17) is 4.42 Å². The van der Waals surface area contributed by atoms with Gasteiger partial charge in [-0.15, -0.1) is 10.2 Å². The van der Waals surface area contributed by atoms with E-state index in [9.17, 15) is 4.79 Å². The summed E-state index contributed by atoms with van der Waals surface area (Å²) in [6.45, 7) is 3.72. The van der Waals surface area contributed by atoms with Crippen LogP contribution in [-0.2, 0) is 0 Å². The van der Waals surface area contributed by atoms with Gasteiger partial charge in [-0.2, -0.15) is 0 Å². The molecule has 0 saturated carbocycles. The van der Waals surface area contributed by atoms with Crippen LogP contribution in [0.25, 0.3) is 22.6 Å². The van der Waals surface area contributed by atoms with Crippen molar-refractivity contribution in [1.29, 1.82) is 0 Å². The summed E-state index contributed by atoms with van der Waals surface area (Å²) in [7, 11) is 3.99. The summed E-state index contributed by atoms with van der Waals surface area (Å²) < 4.78 is 5.62. The molecule has 4 rings (SSSR count). The van der Waals surface area contributed by atoms with Crippen LogP contribution >= 0.6 is 0 Å². The summed E-state index contributed by atoms with van der Waals surface area (Å²) in [5.74, 6) is 1.06. The molecule has 0 bridgehead atoms. The lowest BCUT2D eigenvalue weighted by Crippen LogP contribution is -2.38. The molecular formula is C22H24N4O2. The van der Waals surface area contributed by atoms with Gasteiger partial charge in [0.2, 0.25) is 11.8 Å². The van der Waals surface area contributed by atoms with Crippen LogP contribution in [0.4, 0.5) is 0 Å². The first-order chi connectivity index (χ1) is 13.5. The SMILES string of the molecule is Cc1nnc(-c2ccccc2-c2cccc(C(=O)N(C)[C@H]3CCN(C)C3)c2)o1. The zero-order chi connectivity index (χ0) is 19.7. The van der Waals surface area contributed by atoms with Gasteiger partial charge in [0, 0.05) is 37.7 Å². The molecule has 28 heavy (non-hydrogen) atoms. The highest BCUT2D eigenvalue weighted by molar-refractivity contribution is 5.96. The maximum atomic E-state index is 13.0. The van der Waals surface area contributed by atoms with Gasteiger partial charge in [0.15, 0.2) is 0 Å². The van der Waals surface area contributed by atoms with Crippen LogP contribution in [0.1, 0.15) is 22.7 Å². The molecule has 0 N–H and O–H groups in total. The van der Waals surface area contributed by atoms with Crippen molar-refractivity contribution in [3.8, 4) is 22.6 Å². The van der Waals surface area contributed by atoms with E-state index < -0.39 is 0 Å². The first-order valence-corrected chi connectivity index (χ1v) is 9.48. The van der Waals surface area contributed by atoms with Crippen molar-refractivity contribution < 1.29 is 9.21 Å². The number of aryl methyl sites for hydroxylation is 1. The maximum Gasteiger partial charge on any atom is 0.253 e. The standard InChI is InChI=1S/C22H24N4O2/c1-15-23-24-21(28-15)20-10-5-4-9-19(20)16-7-6-8-17(13-16)22(27)26(3)18-11-12-25(2)14-18/h4-10,13,18H,11-12,14H2,1-3H3/t18-/m0/s1. The predicted octanol–water partition coefficient (Wildman–Crippen LogP) is 3.49. The lowest BCUT2D eigenvalue weighted by atomic mass is 9.97. The molecule has 1 amide bonds. The molecule has 1 atom stereocenters. The lowest BCUT2D eigenvalue weighted by molar-refractivity contribution is 0.0737. The van der Waals surface area contributed by atoms with Crippen LogP contribution in [-0.4, -0.2) is 59.1 Å². The molecule has 1 aliphatic rings. The molecule has 1 saturated heterocycles. The molecule has 2 aromatic carbocycles. The number of carbonyl (C=O) groups is 1. The number of likely N-dealkylation sites (tertiary alicyclic amines) is 1. The van der Waals surface area contributed by atoms with Gasteiger partial charge < -0.3 is 14.2 Å². The molecule has 6 nitrogen and oxygen atoms in total. The molecule has 3 aromatic rings. The zero-order valence-corrected chi connectivity index (χ0v) is 16.4. The average Bonchev–Trinajstić information content (AvgIpc) is 3.35. The van der Waals surface area contributed by atoms with Crippen molar-refractivity contribution in [2.45, 2.75) is 19.4 Å². The summed E-state index contributed by atoms with van der Waals surface area (Å²) in [4.78, 5) is 17.2. The van der Waals surface area contributed by atoms with E-state index in [0.29, 0.717) is 17.3 Å². The Morgan fingerprint density at radius 1 is 1.14 bits per heavy atom.